The van der Waals surface area contributed by atoms with E-state index in [-0.39, 0.29) is 42.5 Å². The third-order valence-corrected chi connectivity index (χ3v) is 17.8. The van der Waals surface area contributed by atoms with Crippen LogP contribution in [0.4, 0.5) is 11.4 Å². The topological polar surface area (TPSA) is 218 Å². The van der Waals surface area contributed by atoms with E-state index in [1.54, 1.807) is 48.1 Å². The minimum atomic E-state index is -2.48. The highest BCUT2D eigenvalue weighted by atomic mass is 28.3. The van der Waals surface area contributed by atoms with E-state index < -0.39 is 50.3 Å². The average molecular weight is 894 g/mol. The van der Waals surface area contributed by atoms with Crippen molar-refractivity contribution in [1.82, 2.24) is 15.0 Å². The number of methoxy groups -OCH3 is 2. The van der Waals surface area contributed by atoms with Crippen molar-refractivity contribution in [1.29, 1.82) is 0 Å². The van der Waals surface area contributed by atoms with Gasteiger partial charge in [-0.15, -0.1) is 5.10 Å². The van der Waals surface area contributed by atoms with E-state index in [0.717, 1.165) is 22.4 Å². The number of carbonyl (C=O) groups is 2. The zero-order chi connectivity index (χ0) is 45.5. The molecular weight excluding hydrogens is 839 g/mol. The second-order valence-electron chi connectivity index (χ2n) is 17.4. The SMILES string of the molecule is COc1ccc([Si](C)(C)[C@H]2[C@H](CCn3cc(C(CO)c4ccccc4)nn3)O[C@@]3(C(=O)N(Cc4ccc(NC(=O)[C@H]5O[C@@H](O)[C@H](O)[C@@H](O)[C@@H]5O)cc4)c4ccc(OC)cc43)[C@@H]2C)cc1. The van der Waals surface area contributed by atoms with E-state index in [0.29, 0.717) is 35.8 Å². The van der Waals surface area contributed by atoms with Gasteiger partial charge in [-0.1, -0.05) is 85.0 Å². The molecule has 2 fully saturated rings. The normalized spacial score (nSPS) is 27.1. The number of aliphatic hydroxyl groups excluding tert-OH is 5. The lowest BCUT2D eigenvalue weighted by Crippen LogP contribution is -2.60. The summed E-state index contributed by atoms with van der Waals surface area (Å²) in [6.45, 7) is 7.28. The largest absolute Gasteiger partial charge is 0.497 e. The lowest BCUT2D eigenvalue weighted by molar-refractivity contribution is -0.274. The molecule has 1 unspecified atom stereocenters. The van der Waals surface area contributed by atoms with E-state index in [1.165, 1.54) is 5.19 Å². The number of carbonyl (C=O) groups excluding carboxylic acids is 2. The molecule has 3 aliphatic heterocycles. The van der Waals surface area contributed by atoms with E-state index in [9.17, 15) is 30.3 Å². The van der Waals surface area contributed by atoms with Gasteiger partial charge in [-0.3, -0.25) is 14.3 Å². The van der Waals surface area contributed by atoms with Gasteiger partial charge in [0.05, 0.1) is 58.8 Å². The first-order valence-electron chi connectivity index (χ1n) is 21.4. The zero-order valence-electron chi connectivity index (χ0n) is 36.3. The van der Waals surface area contributed by atoms with Gasteiger partial charge < -0.3 is 54.7 Å². The Morgan fingerprint density at radius 1 is 0.906 bits per heavy atom. The van der Waals surface area contributed by atoms with Crippen LogP contribution in [0.3, 0.4) is 0 Å². The molecule has 2 saturated heterocycles. The Balaban J connectivity index is 1.09. The molecule has 0 bridgehead atoms. The van der Waals surface area contributed by atoms with Crippen LogP contribution in [0.25, 0.3) is 0 Å². The van der Waals surface area contributed by atoms with Crippen molar-refractivity contribution in [2.24, 2.45) is 5.92 Å². The summed E-state index contributed by atoms with van der Waals surface area (Å²) < 4.78 is 25.4. The molecule has 0 saturated carbocycles. The molecule has 17 heteroatoms. The van der Waals surface area contributed by atoms with Gasteiger partial charge in [0.1, 0.15) is 29.8 Å². The van der Waals surface area contributed by atoms with Crippen molar-refractivity contribution in [3.05, 3.63) is 126 Å². The summed E-state index contributed by atoms with van der Waals surface area (Å²) in [6, 6.07) is 30.3. The monoisotopic (exact) mass is 893 g/mol. The highest BCUT2D eigenvalue weighted by Crippen LogP contribution is 2.60. The average Bonchev–Trinajstić information content (AvgIpc) is 3.97. The van der Waals surface area contributed by atoms with Crippen molar-refractivity contribution in [3.8, 4) is 11.5 Å². The predicted octanol–water partition coefficient (Wildman–Crippen LogP) is 3.01. The van der Waals surface area contributed by atoms with Crippen LogP contribution in [0, 0.1) is 5.92 Å². The first-order chi connectivity index (χ1) is 30.7. The molecule has 0 radical (unpaired) electrons. The van der Waals surface area contributed by atoms with Gasteiger partial charge in [-0.05, 0) is 65.6 Å². The first kappa shape index (κ1) is 45.1. The standard InChI is InChI=1S/C47H55N5O11Si/c1-27-43(64(4,5)33-18-15-31(60-2)16-19-33)38(21-22-51-25-36(49-50-51)34(26-53)29-9-7-6-8-10-29)63-47(27)35-23-32(61-3)17-20-37(35)52(46(47)59)24-28-11-13-30(14-12-28)48-44(57)42-40(55)39(54)41(56)45(58)62-42/h6-20,23,25,27,34,38-43,45,53-56,58H,21-22,24,26H2,1-5H3,(H,48,57)/t27-,34?,38+,39+,40+,41-,42+,43-,45-,47+/m1/s1. The van der Waals surface area contributed by atoms with E-state index in [1.807, 2.05) is 66.9 Å². The van der Waals surface area contributed by atoms with Crippen molar-refractivity contribution in [2.45, 2.75) is 93.4 Å². The molecule has 8 rings (SSSR count). The van der Waals surface area contributed by atoms with Crippen molar-refractivity contribution in [2.75, 3.05) is 31.0 Å². The summed E-state index contributed by atoms with van der Waals surface area (Å²) in [5, 5.41) is 63.2. The Hall–Kier alpha value is -5.50. The summed E-state index contributed by atoms with van der Waals surface area (Å²) in [4.78, 5) is 30.2. The minimum absolute atomic E-state index is 0.0543. The molecule has 0 aliphatic carbocycles. The van der Waals surface area contributed by atoms with Gasteiger partial charge in [0, 0.05) is 29.9 Å². The fraction of sp³-hybridized carbons (Fsp3) is 0.404. The van der Waals surface area contributed by atoms with Crippen LogP contribution >= 0.6 is 0 Å². The number of nitrogens with zero attached hydrogens (tertiary/aromatic N) is 4. The number of benzene rings is 4. The number of amides is 2. The maximum atomic E-state index is 15.4. The van der Waals surface area contributed by atoms with E-state index in [2.05, 4.69) is 47.8 Å². The van der Waals surface area contributed by atoms with Crippen LogP contribution in [0.2, 0.25) is 18.6 Å². The molecule has 4 heterocycles. The Bertz CT molecular complexity index is 2440. The van der Waals surface area contributed by atoms with Crippen molar-refractivity contribution in [3.63, 3.8) is 0 Å². The third-order valence-electron chi connectivity index (χ3n) is 13.4. The lowest BCUT2D eigenvalue weighted by Gasteiger charge is -2.37. The van der Waals surface area contributed by atoms with Crippen LogP contribution < -0.4 is 24.9 Å². The highest BCUT2D eigenvalue weighted by molar-refractivity contribution is 6.91. The molecule has 338 valence electrons. The van der Waals surface area contributed by atoms with E-state index in [4.69, 9.17) is 18.9 Å². The zero-order valence-corrected chi connectivity index (χ0v) is 37.3. The summed E-state index contributed by atoms with van der Waals surface area (Å²) in [5.41, 5.74) is 2.68. The molecule has 10 atom stereocenters. The van der Waals surface area contributed by atoms with Gasteiger partial charge in [0.25, 0.3) is 11.8 Å². The van der Waals surface area contributed by atoms with Gasteiger partial charge in [-0.2, -0.15) is 0 Å². The number of aliphatic hydroxyl groups is 5. The molecular formula is C47H55N5O11Si. The van der Waals surface area contributed by atoms with E-state index >= 15 is 4.79 Å². The van der Waals surface area contributed by atoms with Crippen LogP contribution in [-0.4, -0.2) is 118 Å². The van der Waals surface area contributed by atoms with Crippen molar-refractivity contribution >= 4 is 36.4 Å². The molecule has 64 heavy (non-hydrogen) atoms. The second kappa shape index (κ2) is 18.2. The van der Waals surface area contributed by atoms with Gasteiger partial charge in [0.15, 0.2) is 18.0 Å². The fourth-order valence-corrected chi connectivity index (χ4v) is 14.0. The van der Waals surface area contributed by atoms with Gasteiger partial charge in [0.2, 0.25) is 0 Å². The number of nitrogens with one attached hydrogen (secondary N) is 1. The fourth-order valence-electron chi connectivity index (χ4n) is 9.91. The third kappa shape index (κ3) is 8.11. The molecule has 3 aliphatic rings. The first-order valence-corrected chi connectivity index (χ1v) is 24.5. The number of aromatic nitrogens is 3. The summed E-state index contributed by atoms with van der Waals surface area (Å²) in [7, 11) is 0.755. The van der Waals surface area contributed by atoms with Crippen LogP contribution in [0.1, 0.15) is 41.6 Å². The molecule has 5 aromatic rings. The Kier molecular flexibility index (Phi) is 12.8. The summed E-state index contributed by atoms with van der Waals surface area (Å²) >= 11 is 0. The van der Waals surface area contributed by atoms with Gasteiger partial charge >= 0.3 is 0 Å². The highest BCUT2D eigenvalue weighted by Gasteiger charge is 2.66. The second-order valence-corrected chi connectivity index (χ2v) is 22.1. The number of rotatable bonds is 14. The van der Waals surface area contributed by atoms with Crippen LogP contribution in [0.5, 0.6) is 11.5 Å². The number of aryl methyl sites for hydroxylation is 1. The number of hydrogen-bond donors (Lipinski definition) is 6. The van der Waals surface area contributed by atoms with Crippen LogP contribution in [-0.2, 0) is 37.8 Å². The smallest absolute Gasteiger partial charge is 0.264 e. The molecule has 1 spiro atoms. The summed E-state index contributed by atoms with van der Waals surface area (Å²) in [5.74, 6) is -0.304. The van der Waals surface area contributed by atoms with Crippen LogP contribution in [0.15, 0.2) is 103 Å². The Morgan fingerprint density at radius 2 is 1.59 bits per heavy atom. The number of fused-ring (bicyclic) bond motifs is 2. The Labute approximate surface area is 372 Å². The predicted molar refractivity (Wildman–Crippen MR) is 238 cm³/mol. The molecule has 2 amide bonds. The quantitative estimate of drug-likeness (QED) is 0.0886. The number of ether oxygens (including phenoxy) is 4. The lowest BCUT2D eigenvalue weighted by atomic mass is 9.82. The molecule has 4 aromatic carbocycles. The van der Waals surface area contributed by atoms with Crippen molar-refractivity contribution < 1.29 is 54.1 Å². The van der Waals surface area contributed by atoms with Gasteiger partial charge in [-0.25, -0.2) is 0 Å². The molecule has 16 nitrogen and oxygen atoms in total. The number of anilines is 2. The number of hydrogen-bond acceptors (Lipinski definition) is 13. The Morgan fingerprint density at radius 3 is 2.27 bits per heavy atom. The maximum absolute atomic E-state index is 15.4. The summed E-state index contributed by atoms with van der Waals surface area (Å²) in [6.07, 6.45) is -6.80. The molecule has 1 aromatic heterocycles. The maximum Gasteiger partial charge on any atom is 0.264 e. The minimum Gasteiger partial charge on any atom is -0.497 e. The molecule has 6 N–H and O–H groups in total.